The number of para-hydroxylation sites is 1. The summed E-state index contributed by atoms with van der Waals surface area (Å²) in [6.07, 6.45) is 5.06. The first-order valence-corrected chi connectivity index (χ1v) is 13.5. The molecule has 210 valence electrons. The monoisotopic (exact) mass is 560 g/mol. The van der Waals surface area contributed by atoms with E-state index in [1.165, 1.54) is 6.08 Å². The van der Waals surface area contributed by atoms with E-state index >= 15 is 0 Å². The normalized spacial score (nSPS) is 11.2. The van der Waals surface area contributed by atoms with E-state index in [9.17, 15) is 4.79 Å². The molecule has 0 atom stereocenters. The summed E-state index contributed by atoms with van der Waals surface area (Å²) >= 11 is 1.60. The van der Waals surface area contributed by atoms with Gasteiger partial charge < -0.3 is 25.2 Å². The van der Waals surface area contributed by atoms with Crippen LogP contribution in [0.5, 0.6) is 5.75 Å². The minimum Gasteiger partial charge on any atom is -0.494 e. The smallest absolute Gasteiger partial charge is 0.247 e. The van der Waals surface area contributed by atoms with Gasteiger partial charge in [0.05, 0.1) is 35.4 Å². The second-order valence-corrected chi connectivity index (χ2v) is 10.9. The highest BCUT2D eigenvalue weighted by molar-refractivity contribution is 7.95. The molecule has 2 N–H and O–H groups in total. The summed E-state index contributed by atoms with van der Waals surface area (Å²) in [5, 5.41) is 7.32. The second-order valence-electron chi connectivity index (χ2n) is 9.66. The van der Waals surface area contributed by atoms with Crippen molar-refractivity contribution in [3.63, 3.8) is 0 Å². The number of hydrogen-bond acceptors (Lipinski definition) is 9. The number of nitrogens with zero attached hydrogens (tertiary/aromatic N) is 6. The Morgan fingerprint density at radius 2 is 1.88 bits per heavy atom. The van der Waals surface area contributed by atoms with Crippen molar-refractivity contribution in [1.29, 1.82) is 0 Å². The summed E-state index contributed by atoms with van der Waals surface area (Å²) < 4.78 is 9.90. The number of nitrogens with one attached hydrogen (secondary N) is 2. The zero-order valence-electron chi connectivity index (χ0n) is 23.8. The van der Waals surface area contributed by atoms with E-state index in [1.54, 1.807) is 25.4 Å². The van der Waals surface area contributed by atoms with Gasteiger partial charge in [-0.1, -0.05) is 24.8 Å². The molecule has 2 aromatic carbocycles. The van der Waals surface area contributed by atoms with Crippen molar-refractivity contribution in [3.8, 4) is 17.0 Å². The third-order valence-corrected chi connectivity index (χ3v) is 6.97. The first kappa shape index (κ1) is 28.9. The molecular weight excluding hydrogens is 524 g/mol. The van der Waals surface area contributed by atoms with E-state index in [0.29, 0.717) is 23.1 Å². The van der Waals surface area contributed by atoms with Crippen LogP contribution in [0.4, 0.5) is 23.0 Å². The van der Waals surface area contributed by atoms with Crippen LogP contribution >= 0.6 is 12.1 Å². The second kappa shape index (κ2) is 12.9. The van der Waals surface area contributed by atoms with Gasteiger partial charge in [0.1, 0.15) is 5.75 Å². The zero-order chi connectivity index (χ0) is 28.8. The van der Waals surface area contributed by atoms with Gasteiger partial charge in [-0.15, -0.1) is 0 Å². The lowest BCUT2D eigenvalue weighted by atomic mass is 10.1. The first-order valence-electron chi connectivity index (χ1n) is 12.8. The molecular formula is C29H36N8O2S. The Kier molecular flexibility index (Phi) is 9.30. The number of methoxy groups -OCH3 is 1. The van der Waals surface area contributed by atoms with Gasteiger partial charge in [0, 0.05) is 61.7 Å². The number of anilines is 4. The van der Waals surface area contributed by atoms with Crippen LogP contribution in [-0.2, 0) is 4.79 Å². The number of rotatable bonds is 12. The van der Waals surface area contributed by atoms with Crippen LogP contribution in [0.15, 0.2) is 67.5 Å². The third kappa shape index (κ3) is 6.74. The number of fused-ring (bicyclic) bond motifs is 1. The van der Waals surface area contributed by atoms with E-state index in [2.05, 4.69) is 54.3 Å². The molecule has 1 amide bonds. The maximum atomic E-state index is 12.3. The summed E-state index contributed by atoms with van der Waals surface area (Å²) in [5.74, 6) is 0.697. The number of aromatic nitrogens is 3. The summed E-state index contributed by atoms with van der Waals surface area (Å²) in [5.41, 5.74) is 4.94. The quantitative estimate of drug-likeness (QED) is 0.185. The van der Waals surface area contributed by atoms with Crippen molar-refractivity contribution in [1.82, 2.24) is 23.1 Å². The number of carbonyl (C=O) groups is 1. The highest BCUT2D eigenvalue weighted by atomic mass is 32.2. The predicted octanol–water partition coefficient (Wildman–Crippen LogP) is 4.95. The summed E-state index contributed by atoms with van der Waals surface area (Å²) in [4.78, 5) is 25.8. The van der Waals surface area contributed by atoms with Gasteiger partial charge in [-0.25, -0.2) is 14.3 Å². The first-order chi connectivity index (χ1) is 19.2. The molecule has 2 aromatic heterocycles. The Morgan fingerprint density at radius 3 is 2.58 bits per heavy atom. The number of hydrogen-bond donors (Lipinski definition) is 2. The maximum absolute atomic E-state index is 12.3. The molecule has 11 heteroatoms. The highest BCUT2D eigenvalue weighted by Crippen LogP contribution is 2.38. The number of ether oxygens (including phenoxy) is 1. The molecule has 0 radical (unpaired) electrons. The largest absolute Gasteiger partial charge is 0.494 e. The molecule has 0 unspecified atom stereocenters. The van der Waals surface area contributed by atoms with Gasteiger partial charge in [0.25, 0.3) is 0 Å². The van der Waals surface area contributed by atoms with Gasteiger partial charge in [-0.05, 0) is 52.5 Å². The van der Waals surface area contributed by atoms with E-state index < -0.39 is 0 Å². The van der Waals surface area contributed by atoms with Crippen LogP contribution < -0.4 is 20.3 Å². The van der Waals surface area contributed by atoms with Crippen LogP contribution in [0.1, 0.15) is 0 Å². The summed E-state index contributed by atoms with van der Waals surface area (Å²) in [6, 6.07) is 13.9. The average Bonchev–Trinajstić information content (AvgIpc) is 3.29. The van der Waals surface area contributed by atoms with Crippen LogP contribution in [0, 0.1) is 0 Å². The van der Waals surface area contributed by atoms with Crippen molar-refractivity contribution < 1.29 is 9.53 Å². The fourth-order valence-corrected chi connectivity index (χ4v) is 4.94. The molecule has 0 fully saturated rings. The van der Waals surface area contributed by atoms with Crippen LogP contribution in [-0.4, -0.2) is 84.5 Å². The minimum atomic E-state index is -0.302. The third-order valence-electron chi connectivity index (χ3n) is 6.16. The summed E-state index contributed by atoms with van der Waals surface area (Å²) in [6.45, 7) is 5.19. The molecule has 2 heterocycles. The summed E-state index contributed by atoms with van der Waals surface area (Å²) in [7, 11) is 11.7. The molecule has 0 saturated heterocycles. The lowest BCUT2D eigenvalue weighted by Crippen LogP contribution is -2.29. The topological polar surface area (TPSA) is 90.8 Å². The maximum Gasteiger partial charge on any atom is 0.247 e. The molecule has 4 rings (SSSR count). The fourth-order valence-electron chi connectivity index (χ4n) is 4.19. The standard InChI is InChI=1S/C29H36N8O2S/c1-8-28(38)31-23-17-24(27(39-7)18-26(23)36(6)16-15-34(2)3)33-29-30-14-13-22(32-29)21-19-37(40-35(4)5)25-12-10-9-11-20(21)25/h8-14,17-19H,1,15-16H2,2-7H3,(H,31,38)(H,30,32,33). The van der Waals surface area contributed by atoms with Gasteiger partial charge in [-0.2, -0.15) is 0 Å². The fraction of sp³-hybridized carbons (Fsp3) is 0.276. The van der Waals surface area contributed by atoms with E-state index in [4.69, 9.17) is 9.72 Å². The number of benzene rings is 2. The Hall–Kier alpha value is -4.06. The Labute approximate surface area is 239 Å². The number of amides is 1. The molecule has 0 bridgehead atoms. The highest BCUT2D eigenvalue weighted by Gasteiger charge is 2.18. The van der Waals surface area contributed by atoms with Crippen molar-refractivity contribution >= 4 is 52.0 Å². The van der Waals surface area contributed by atoms with Crippen molar-refractivity contribution in [2.45, 2.75) is 0 Å². The lowest BCUT2D eigenvalue weighted by molar-refractivity contribution is -0.111. The Bertz CT molecular complexity index is 1500. The van der Waals surface area contributed by atoms with E-state index in [0.717, 1.165) is 40.9 Å². The van der Waals surface area contributed by atoms with Gasteiger partial charge in [0.15, 0.2) is 0 Å². The molecule has 0 spiro atoms. The van der Waals surface area contributed by atoms with Gasteiger partial charge >= 0.3 is 0 Å². The average molecular weight is 561 g/mol. The Balaban J connectivity index is 1.71. The van der Waals surface area contributed by atoms with Gasteiger partial charge in [-0.3, -0.25) is 8.77 Å². The zero-order valence-corrected chi connectivity index (χ0v) is 24.6. The van der Waals surface area contributed by atoms with E-state index in [1.807, 2.05) is 69.9 Å². The van der Waals surface area contributed by atoms with Crippen LogP contribution in [0.25, 0.3) is 22.2 Å². The Morgan fingerprint density at radius 1 is 1.10 bits per heavy atom. The van der Waals surface area contributed by atoms with Gasteiger partial charge in [0.2, 0.25) is 11.9 Å². The molecule has 0 aliphatic rings. The predicted molar refractivity (Wildman–Crippen MR) is 167 cm³/mol. The SMILES string of the molecule is C=CC(=O)Nc1cc(Nc2nccc(-c3cn(SN(C)C)c4ccccc34)n2)c(OC)cc1N(C)CCN(C)C. The minimum absolute atomic E-state index is 0.302. The van der Waals surface area contributed by atoms with Crippen molar-refractivity contribution in [3.05, 3.63) is 67.5 Å². The molecule has 10 nitrogen and oxygen atoms in total. The van der Waals surface area contributed by atoms with Crippen molar-refractivity contribution in [2.75, 3.05) is 71.0 Å². The van der Waals surface area contributed by atoms with Crippen LogP contribution in [0.2, 0.25) is 0 Å². The molecule has 40 heavy (non-hydrogen) atoms. The van der Waals surface area contributed by atoms with Crippen LogP contribution in [0.3, 0.4) is 0 Å². The molecule has 0 aliphatic carbocycles. The van der Waals surface area contributed by atoms with E-state index in [-0.39, 0.29) is 5.91 Å². The molecule has 4 aromatic rings. The lowest BCUT2D eigenvalue weighted by Gasteiger charge is -2.26. The molecule has 0 saturated carbocycles. The van der Waals surface area contributed by atoms with Crippen molar-refractivity contribution in [2.24, 2.45) is 0 Å². The molecule has 0 aliphatic heterocycles. The number of likely N-dealkylation sites (N-methyl/N-ethyl adjacent to an activating group) is 2. The number of carbonyl (C=O) groups excluding carboxylic acids is 1.